The van der Waals surface area contributed by atoms with Crippen LogP contribution < -0.4 is 0 Å². The van der Waals surface area contributed by atoms with Gasteiger partial charge in [0, 0.05) is 27.6 Å². The van der Waals surface area contributed by atoms with Gasteiger partial charge in [-0.1, -0.05) is 0 Å². The predicted octanol–water partition coefficient (Wildman–Crippen LogP) is 2.71. The molecular weight excluding hydrogens is 286 g/mol. The van der Waals surface area contributed by atoms with Gasteiger partial charge in [0.15, 0.2) is 0 Å². The quantitative estimate of drug-likeness (QED) is 0.786. The second-order valence-corrected chi connectivity index (χ2v) is 7.39. The van der Waals surface area contributed by atoms with Gasteiger partial charge in [0.25, 0.3) is 0 Å². The van der Waals surface area contributed by atoms with E-state index in [1.165, 1.54) is 16.9 Å². The van der Waals surface area contributed by atoms with Crippen LogP contribution in [0, 0.1) is 12.8 Å². The Hall–Kier alpha value is -1.36. The highest BCUT2D eigenvalue weighted by Crippen LogP contribution is 2.51. The molecule has 2 aliphatic rings. The molecule has 1 aromatic rings. The topological polar surface area (TPSA) is 46.6 Å². The Morgan fingerprint density at radius 3 is 2.62 bits per heavy atom. The maximum Gasteiger partial charge on any atom is 0.328 e. The first-order valence-corrected chi connectivity index (χ1v) is 8.31. The molecule has 21 heavy (non-hydrogen) atoms. The van der Waals surface area contributed by atoms with Gasteiger partial charge < -0.3 is 9.64 Å². The normalized spacial score (nSPS) is 25.3. The summed E-state index contributed by atoms with van der Waals surface area (Å²) in [6.45, 7) is 3.86. The number of aryl methyl sites for hydroxylation is 1. The molecule has 0 bridgehead atoms. The molecule has 2 saturated carbocycles. The first-order chi connectivity index (χ1) is 10.0. The molecule has 0 aromatic carbocycles. The van der Waals surface area contributed by atoms with E-state index in [2.05, 4.69) is 19.1 Å². The fraction of sp³-hybridized carbons (Fsp3) is 0.625. The number of ether oxygens (including phenoxy) is 1. The molecule has 0 spiro atoms. The number of carbonyl (C=O) groups excluding carboxylic acids is 2. The zero-order valence-corrected chi connectivity index (χ0v) is 13.5. The van der Waals surface area contributed by atoms with Crippen LogP contribution in [0.5, 0.6) is 0 Å². The lowest BCUT2D eigenvalue weighted by atomic mass is 10.2. The van der Waals surface area contributed by atoms with Gasteiger partial charge in [0.1, 0.15) is 6.04 Å². The van der Waals surface area contributed by atoms with Crippen LogP contribution in [0.2, 0.25) is 0 Å². The van der Waals surface area contributed by atoms with Crippen molar-refractivity contribution in [2.24, 2.45) is 5.92 Å². The summed E-state index contributed by atoms with van der Waals surface area (Å²) in [5, 5.41) is 0. The molecule has 0 saturated heterocycles. The molecule has 1 aromatic heterocycles. The molecule has 2 fully saturated rings. The van der Waals surface area contributed by atoms with Gasteiger partial charge in [-0.2, -0.15) is 0 Å². The van der Waals surface area contributed by atoms with Crippen LogP contribution in [0.25, 0.3) is 0 Å². The number of carbonyl (C=O) groups is 2. The first-order valence-electron chi connectivity index (χ1n) is 7.49. The largest absolute Gasteiger partial charge is 0.467 e. The summed E-state index contributed by atoms with van der Waals surface area (Å²) in [6, 6.07) is 4.00. The van der Waals surface area contributed by atoms with Crippen molar-refractivity contribution in [2.45, 2.75) is 51.1 Å². The second kappa shape index (κ2) is 5.44. The molecule has 3 atom stereocenters. The van der Waals surface area contributed by atoms with Crippen LogP contribution in [0.1, 0.15) is 41.9 Å². The van der Waals surface area contributed by atoms with E-state index in [-0.39, 0.29) is 23.8 Å². The average Bonchev–Trinajstić information content (AvgIpc) is 3.37. The van der Waals surface area contributed by atoms with E-state index >= 15 is 0 Å². The molecule has 0 aliphatic heterocycles. The molecule has 5 heteroatoms. The standard InChI is InChI=1S/C16H21NO3S/c1-9-4-7-14(21-9)12-8-13(12)15(18)17(11-5-6-11)10(2)16(19)20-3/h4,7,10-13H,5-6,8H2,1-3H3/t10-,12+,13-/m0/s1. The van der Waals surface area contributed by atoms with Crippen LogP contribution >= 0.6 is 11.3 Å². The third kappa shape index (κ3) is 2.84. The van der Waals surface area contributed by atoms with Crippen molar-refractivity contribution >= 4 is 23.2 Å². The van der Waals surface area contributed by atoms with Crippen LogP contribution in [0.15, 0.2) is 12.1 Å². The summed E-state index contributed by atoms with van der Waals surface area (Å²) in [5.41, 5.74) is 0. The average molecular weight is 307 g/mol. The first kappa shape index (κ1) is 14.6. The lowest BCUT2D eigenvalue weighted by Crippen LogP contribution is -2.46. The molecule has 2 aliphatic carbocycles. The Kier molecular flexibility index (Phi) is 3.78. The molecule has 1 heterocycles. The van der Waals surface area contributed by atoms with E-state index in [0.29, 0.717) is 5.92 Å². The monoisotopic (exact) mass is 307 g/mol. The van der Waals surface area contributed by atoms with Gasteiger partial charge in [-0.15, -0.1) is 11.3 Å². The van der Waals surface area contributed by atoms with Crippen molar-refractivity contribution in [2.75, 3.05) is 7.11 Å². The summed E-state index contributed by atoms with van der Waals surface area (Å²) in [4.78, 5) is 28.9. The minimum atomic E-state index is -0.471. The Morgan fingerprint density at radius 2 is 2.10 bits per heavy atom. The fourth-order valence-electron chi connectivity index (χ4n) is 2.95. The van der Waals surface area contributed by atoms with E-state index in [0.717, 1.165) is 19.3 Å². The van der Waals surface area contributed by atoms with Crippen LogP contribution in [-0.4, -0.2) is 36.0 Å². The van der Waals surface area contributed by atoms with Gasteiger partial charge in [0.05, 0.1) is 7.11 Å². The van der Waals surface area contributed by atoms with E-state index in [4.69, 9.17) is 4.74 Å². The summed E-state index contributed by atoms with van der Waals surface area (Å²) < 4.78 is 4.81. The zero-order chi connectivity index (χ0) is 15.1. The molecule has 0 radical (unpaired) electrons. The molecule has 0 unspecified atom stereocenters. The summed E-state index contributed by atoms with van der Waals surface area (Å²) in [6.07, 6.45) is 2.92. The van der Waals surface area contributed by atoms with Crippen molar-refractivity contribution < 1.29 is 14.3 Å². The van der Waals surface area contributed by atoms with E-state index in [1.54, 1.807) is 23.2 Å². The van der Waals surface area contributed by atoms with Crippen LogP contribution in [0.3, 0.4) is 0 Å². The molecular formula is C16H21NO3S. The maximum atomic E-state index is 12.8. The lowest BCUT2D eigenvalue weighted by molar-refractivity contribution is -0.153. The Labute approximate surface area is 129 Å². The zero-order valence-electron chi connectivity index (χ0n) is 12.7. The molecule has 114 valence electrons. The van der Waals surface area contributed by atoms with Gasteiger partial charge in [-0.25, -0.2) is 4.79 Å². The van der Waals surface area contributed by atoms with Crippen LogP contribution in [0.4, 0.5) is 0 Å². The van der Waals surface area contributed by atoms with Crippen molar-refractivity contribution in [3.05, 3.63) is 21.9 Å². The third-order valence-corrected chi connectivity index (χ3v) is 5.52. The van der Waals surface area contributed by atoms with Gasteiger partial charge in [-0.3, -0.25) is 4.79 Å². The summed E-state index contributed by atoms with van der Waals surface area (Å²) in [5.74, 6) is 0.212. The second-order valence-electron chi connectivity index (χ2n) is 6.07. The highest BCUT2D eigenvalue weighted by atomic mass is 32.1. The van der Waals surface area contributed by atoms with Crippen molar-refractivity contribution in [3.63, 3.8) is 0 Å². The van der Waals surface area contributed by atoms with Gasteiger partial charge in [0.2, 0.25) is 5.91 Å². The van der Waals surface area contributed by atoms with Crippen molar-refractivity contribution in [3.8, 4) is 0 Å². The smallest absolute Gasteiger partial charge is 0.328 e. The fourth-order valence-corrected chi connectivity index (χ4v) is 4.01. The van der Waals surface area contributed by atoms with Gasteiger partial charge in [-0.05, 0) is 45.2 Å². The molecule has 0 N–H and O–H groups in total. The Bertz CT molecular complexity index is 564. The Balaban J connectivity index is 1.70. The molecule has 1 amide bonds. The lowest BCUT2D eigenvalue weighted by Gasteiger charge is -2.27. The molecule has 4 nitrogen and oxygen atoms in total. The number of rotatable bonds is 5. The van der Waals surface area contributed by atoms with Crippen LogP contribution in [-0.2, 0) is 14.3 Å². The molecule has 3 rings (SSSR count). The SMILES string of the molecule is COC(=O)[C@H](C)N(C(=O)[C@H]1C[C@H]1c1ccc(C)s1)C1CC1. The number of hydrogen-bond donors (Lipinski definition) is 0. The van der Waals surface area contributed by atoms with Crippen molar-refractivity contribution in [1.29, 1.82) is 0 Å². The summed E-state index contributed by atoms with van der Waals surface area (Å²) in [7, 11) is 1.38. The third-order valence-electron chi connectivity index (χ3n) is 4.39. The number of methoxy groups -OCH3 is 1. The number of esters is 1. The van der Waals surface area contributed by atoms with E-state index < -0.39 is 6.04 Å². The minimum absolute atomic E-state index is 0.0516. The number of nitrogens with zero attached hydrogens (tertiary/aromatic N) is 1. The van der Waals surface area contributed by atoms with Gasteiger partial charge >= 0.3 is 5.97 Å². The van der Waals surface area contributed by atoms with Crippen molar-refractivity contribution in [1.82, 2.24) is 4.90 Å². The minimum Gasteiger partial charge on any atom is -0.467 e. The van der Waals surface area contributed by atoms with E-state index in [1.807, 2.05) is 0 Å². The number of thiophene rings is 1. The number of hydrogen-bond acceptors (Lipinski definition) is 4. The highest BCUT2D eigenvalue weighted by molar-refractivity contribution is 7.12. The summed E-state index contributed by atoms with van der Waals surface area (Å²) >= 11 is 1.77. The maximum absolute atomic E-state index is 12.8. The Morgan fingerprint density at radius 1 is 1.38 bits per heavy atom. The highest BCUT2D eigenvalue weighted by Gasteiger charge is 2.50. The number of amides is 1. The predicted molar refractivity (Wildman–Crippen MR) is 81.3 cm³/mol. The van der Waals surface area contributed by atoms with E-state index in [9.17, 15) is 9.59 Å².